The highest BCUT2D eigenvalue weighted by Crippen LogP contribution is 2.20. The molecule has 1 fully saturated rings. The third kappa shape index (κ3) is 5.84. The van der Waals surface area contributed by atoms with E-state index in [-0.39, 0.29) is 5.91 Å². The van der Waals surface area contributed by atoms with Crippen LogP contribution in [0.4, 0.5) is 0 Å². The van der Waals surface area contributed by atoms with Gasteiger partial charge in [-0.15, -0.1) is 0 Å². The van der Waals surface area contributed by atoms with Gasteiger partial charge in [-0.2, -0.15) is 0 Å². The molecule has 0 bridgehead atoms. The summed E-state index contributed by atoms with van der Waals surface area (Å²) in [7, 11) is 0. The first kappa shape index (κ1) is 17.8. The Bertz CT molecular complexity index is 513. The highest BCUT2D eigenvalue weighted by atomic mass is 16.5. The van der Waals surface area contributed by atoms with Crippen molar-refractivity contribution in [3.05, 3.63) is 29.3 Å². The summed E-state index contributed by atoms with van der Waals surface area (Å²) in [5, 5.41) is 2.95. The van der Waals surface area contributed by atoms with E-state index >= 15 is 0 Å². The molecule has 23 heavy (non-hydrogen) atoms. The Morgan fingerprint density at radius 2 is 2.09 bits per heavy atom. The molecular weight excluding hydrogens is 292 g/mol. The second kappa shape index (κ2) is 8.89. The van der Waals surface area contributed by atoms with Crippen LogP contribution in [0.1, 0.15) is 24.5 Å². The molecule has 1 saturated heterocycles. The van der Waals surface area contributed by atoms with Crippen molar-refractivity contribution in [2.75, 3.05) is 39.4 Å². The molecule has 0 saturated carbocycles. The minimum atomic E-state index is -0.487. The van der Waals surface area contributed by atoms with Crippen LogP contribution in [-0.4, -0.2) is 56.3 Å². The maximum Gasteiger partial charge on any atom is 0.260 e. The predicted octanol–water partition coefficient (Wildman–Crippen LogP) is 1.91. The zero-order valence-corrected chi connectivity index (χ0v) is 14.4. The zero-order valence-electron chi connectivity index (χ0n) is 14.4. The molecule has 5 nitrogen and oxygen atoms in total. The normalized spacial score (nSPS) is 16.8. The number of amides is 1. The average Bonchev–Trinajstić information content (AvgIpc) is 2.55. The maximum atomic E-state index is 12.1. The highest BCUT2D eigenvalue weighted by molar-refractivity contribution is 5.80. The van der Waals surface area contributed by atoms with Crippen LogP contribution in [0.2, 0.25) is 0 Å². The zero-order chi connectivity index (χ0) is 16.7. The van der Waals surface area contributed by atoms with E-state index in [1.807, 2.05) is 32.0 Å². The minimum Gasteiger partial charge on any atom is -0.481 e. The van der Waals surface area contributed by atoms with E-state index in [2.05, 4.69) is 10.2 Å². The molecule has 2 rings (SSSR count). The third-order valence-corrected chi connectivity index (χ3v) is 4.07. The number of nitrogens with one attached hydrogen (secondary N) is 1. The first-order valence-electron chi connectivity index (χ1n) is 8.38. The fraction of sp³-hybridized carbons (Fsp3) is 0.611. The molecule has 1 aliphatic rings. The van der Waals surface area contributed by atoms with Gasteiger partial charge in [0, 0.05) is 19.6 Å². The molecule has 1 aromatic rings. The number of hydrogen-bond donors (Lipinski definition) is 1. The first-order chi connectivity index (χ1) is 11.1. The second-order valence-electron chi connectivity index (χ2n) is 6.13. The predicted molar refractivity (Wildman–Crippen MR) is 90.9 cm³/mol. The van der Waals surface area contributed by atoms with Crippen LogP contribution in [-0.2, 0) is 9.53 Å². The smallest absolute Gasteiger partial charge is 0.260 e. The Balaban J connectivity index is 1.69. The van der Waals surface area contributed by atoms with Crippen molar-refractivity contribution in [1.82, 2.24) is 10.2 Å². The van der Waals surface area contributed by atoms with E-state index in [0.717, 1.165) is 56.1 Å². The summed E-state index contributed by atoms with van der Waals surface area (Å²) in [4.78, 5) is 14.5. The van der Waals surface area contributed by atoms with E-state index in [9.17, 15) is 4.79 Å². The molecular formula is C18H28N2O3. The standard InChI is InChI=1S/C18H28N2O3/c1-14-5-6-15(2)17(13-14)23-16(3)18(21)19-7-4-8-20-9-11-22-12-10-20/h5-6,13,16H,4,7-12H2,1-3H3,(H,19,21)/t16-/m0/s1. The molecule has 0 aliphatic carbocycles. The number of benzene rings is 1. The van der Waals surface area contributed by atoms with Gasteiger partial charge in [0.15, 0.2) is 6.10 Å². The van der Waals surface area contributed by atoms with Crippen molar-refractivity contribution in [3.63, 3.8) is 0 Å². The van der Waals surface area contributed by atoms with E-state index in [1.54, 1.807) is 6.92 Å². The monoisotopic (exact) mass is 320 g/mol. The van der Waals surface area contributed by atoms with Crippen LogP contribution in [0.5, 0.6) is 5.75 Å². The van der Waals surface area contributed by atoms with Gasteiger partial charge in [0.25, 0.3) is 5.91 Å². The number of morpholine rings is 1. The van der Waals surface area contributed by atoms with E-state index in [4.69, 9.17) is 9.47 Å². The molecule has 128 valence electrons. The number of aryl methyl sites for hydroxylation is 2. The van der Waals surface area contributed by atoms with Crippen LogP contribution in [0.3, 0.4) is 0 Å². The lowest BCUT2D eigenvalue weighted by atomic mass is 10.1. The lowest BCUT2D eigenvalue weighted by Crippen LogP contribution is -2.40. The average molecular weight is 320 g/mol. The molecule has 1 atom stereocenters. The fourth-order valence-electron chi connectivity index (χ4n) is 2.56. The van der Waals surface area contributed by atoms with Gasteiger partial charge in [-0.1, -0.05) is 12.1 Å². The van der Waals surface area contributed by atoms with Crippen molar-refractivity contribution in [2.24, 2.45) is 0 Å². The molecule has 1 aliphatic heterocycles. The van der Waals surface area contributed by atoms with Crippen molar-refractivity contribution in [2.45, 2.75) is 33.3 Å². The summed E-state index contributed by atoms with van der Waals surface area (Å²) < 4.78 is 11.1. The summed E-state index contributed by atoms with van der Waals surface area (Å²) in [6.45, 7) is 11.1. The van der Waals surface area contributed by atoms with E-state index in [1.165, 1.54) is 0 Å². The summed E-state index contributed by atoms with van der Waals surface area (Å²) in [6, 6.07) is 6.02. The topological polar surface area (TPSA) is 50.8 Å². The number of carbonyl (C=O) groups is 1. The molecule has 0 spiro atoms. The van der Waals surface area contributed by atoms with Gasteiger partial charge in [0.2, 0.25) is 0 Å². The van der Waals surface area contributed by atoms with Gasteiger partial charge >= 0.3 is 0 Å². The molecule has 5 heteroatoms. The Hall–Kier alpha value is -1.59. The van der Waals surface area contributed by atoms with Gasteiger partial charge in [0.1, 0.15) is 5.75 Å². The van der Waals surface area contributed by atoms with Gasteiger partial charge in [-0.05, 0) is 50.9 Å². The quantitative estimate of drug-likeness (QED) is 0.780. The molecule has 0 unspecified atom stereocenters. The SMILES string of the molecule is Cc1ccc(C)c(O[C@@H](C)C(=O)NCCCN2CCOCC2)c1. The van der Waals surface area contributed by atoms with E-state index in [0.29, 0.717) is 6.54 Å². The highest BCUT2D eigenvalue weighted by Gasteiger charge is 2.15. The Kier molecular flexibility index (Phi) is 6.86. The summed E-state index contributed by atoms with van der Waals surface area (Å²) >= 11 is 0. The van der Waals surface area contributed by atoms with Gasteiger partial charge < -0.3 is 14.8 Å². The number of carbonyl (C=O) groups excluding carboxylic acids is 1. The maximum absolute atomic E-state index is 12.1. The molecule has 1 aromatic carbocycles. The van der Waals surface area contributed by atoms with Crippen LogP contribution < -0.4 is 10.1 Å². The number of nitrogens with zero attached hydrogens (tertiary/aromatic N) is 1. The summed E-state index contributed by atoms with van der Waals surface area (Å²) in [5.74, 6) is 0.717. The number of hydrogen-bond acceptors (Lipinski definition) is 4. The van der Waals surface area contributed by atoms with Crippen LogP contribution in [0, 0.1) is 13.8 Å². The van der Waals surface area contributed by atoms with Crippen molar-refractivity contribution >= 4 is 5.91 Å². The number of rotatable bonds is 7. The van der Waals surface area contributed by atoms with Crippen molar-refractivity contribution < 1.29 is 14.3 Å². The van der Waals surface area contributed by atoms with E-state index < -0.39 is 6.10 Å². The van der Waals surface area contributed by atoms with Crippen LogP contribution in [0.25, 0.3) is 0 Å². The summed E-state index contributed by atoms with van der Waals surface area (Å²) in [6.07, 6.45) is 0.459. The number of ether oxygens (including phenoxy) is 2. The Morgan fingerprint density at radius 3 is 2.83 bits per heavy atom. The van der Waals surface area contributed by atoms with Crippen LogP contribution >= 0.6 is 0 Å². The van der Waals surface area contributed by atoms with Gasteiger partial charge in [-0.25, -0.2) is 0 Å². The minimum absolute atomic E-state index is 0.0621. The molecule has 1 amide bonds. The Morgan fingerprint density at radius 1 is 1.35 bits per heavy atom. The molecule has 0 radical (unpaired) electrons. The van der Waals surface area contributed by atoms with Crippen LogP contribution in [0.15, 0.2) is 18.2 Å². The van der Waals surface area contributed by atoms with Crippen molar-refractivity contribution in [1.29, 1.82) is 0 Å². The summed E-state index contributed by atoms with van der Waals surface area (Å²) in [5.41, 5.74) is 2.17. The largest absolute Gasteiger partial charge is 0.481 e. The first-order valence-corrected chi connectivity index (χ1v) is 8.38. The lowest BCUT2D eigenvalue weighted by molar-refractivity contribution is -0.127. The molecule has 1 heterocycles. The molecule has 0 aromatic heterocycles. The van der Waals surface area contributed by atoms with Gasteiger partial charge in [0.05, 0.1) is 13.2 Å². The van der Waals surface area contributed by atoms with Gasteiger partial charge in [-0.3, -0.25) is 9.69 Å². The molecule has 1 N–H and O–H groups in total. The third-order valence-electron chi connectivity index (χ3n) is 4.07. The fourth-order valence-corrected chi connectivity index (χ4v) is 2.56. The second-order valence-corrected chi connectivity index (χ2v) is 6.13. The van der Waals surface area contributed by atoms with Crippen molar-refractivity contribution in [3.8, 4) is 5.75 Å². The Labute approximate surface area is 139 Å². The lowest BCUT2D eigenvalue weighted by Gasteiger charge is -2.26.